The van der Waals surface area contributed by atoms with Crippen LogP contribution < -0.4 is 10.6 Å². The average Bonchev–Trinajstić information content (AvgIpc) is 3.63. The summed E-state index contributed by atoms with van der Waals surface area (Å²) >= 11 is 0. The summed E-state index contributed by atoms with van der Waals surface area (Å²) in [6.45, 7) is 1.84. The van der Waals surface area contributed by atoms with Crippen LogP contribution in [-0.4, -0.2) is 27.0 Å². The van der Waals surface area contributed by atoms with Crippen molar-refractivity contribution in [3.05, 3.63) is 77.5 Å². The van der Waals surface area contributed by atoms with E-state index >= 15 is 0 Å². The number of rotatable bonds is 5. The Morgan fingerprint density at radius 3 is 2.60 bits per heavy atom. The molecule has 0 aliphatic heterocycles. The smallest absolute Gasteiger partial charge is 0.416 e. The molecule has 6 nitrogen and oxygen atoms in total. The summed E-state index contributed by atoms with van der Waals surface area (Å²) in [4.78, 5) is 21.6. The maximum atomic E-state index is 13.0. The van der Waals surface area contributed by atoms with Crippen LogP contribution in [0.15, 0.2) is 60.8 Å². The second-order valence-corrected chi connectivity index (χ2v) is 8.60. The lowest BCUT2D eigenvalue weighted by molar-refractivity contribution is -0.137. The van der Waals surface area contributed by atoms with Crippen molar-refractivity contribution in [3.8, 4) is 16.9 Å². The van der Waals surface area contributed by atoms with Gasteiger partial charge in [-0.25, -0.2) is 9.97 Å². The molecule has 0 spiro atoms. The first-order valence-corrected chi connectivity index (χ1v) is 11.0. The van der Waals surface area contributed by atoms with Crippen LogP contribution >= 0.6 is 0 Å². The summed E-state index contributed by atoms with van der Waals surface area (Å²) in [5.41, 5.74) is 1.93. The van der Waals surface area contributed by atoms with Crippen LogP contribution in [-0.2, 0) is 6.18 Å². The third kappa shape index (κ3) is 4.89. The monoisotopic (exact) mass is 478 g/mol. The number of amides is 1. The Morgan fingerprint density at radius 1 is 1.06 bits per heavy atom. The Kier molecular flexibility index (Phi) is 5.55. The third-order valence-corrected chi connectivity index (χ3v) is 5.85. The van der Waals surface area contributed by atoms with Crippen LogP contribution in [0.25, 0.3) is 22.0 Å². The van der Waals surface area contributed by atoms with Crippen molar-refractivity contribution in [3.63, 3.8) is 0 Å². The van der Waals surface area contributed by atoms with Gasteiger partial charge in [-0.1, -0.05) is 12.1 Å². The normalized spacial score (nSPS) is 13.6. The molecule has 0 unspecified atom stereocenters. The first-order valence-electron chi connectivity index (χ1n) is 11.0. The lowest BCUT2D eigenvalue weighted by atomic mass is 9.96. The van der Waals surface area contributed by atoms with Crippen molar-refractivity contribution in [1.29, 1.82) is 0 Å². The van der Waals surface area contributed by atoms with Gasteiger partial charge in [0, 0.05) is 40.5 Å². The van der Waals surface area contributed by atoms with E-state index in [0.717, 1.165) is 35.9 Å². The van der Waals surface area contributed by atoms with E-state index in [9.17, 15) is 23.1 Å². The van der Waals surface area contributed by atoms with E-state index in [-0.39, 0.29) is 17.0 Å². The lowest BCUT2D eigenvalue weighted by Gasteiger charge is -2.13. The molecule has 1 heterocycles. The highest BCUT2D eigenvalue weighted by atomic mass is 19.4. The zero-order chi connectivity index (χ0) is 24.7. The molecule has 1 aliphatic carbocycles. The average molecular weight is 478 g/mol. The molecule has 1 saturated carbocycles. The molecule has 1 fully saturated rings. The molecule has 0 saturated heterocycles. The second kappa shape index (κ2) is 8.57. The molecule has 178 valence electrons. The number of halogens is 3. The minimum absolute atomic E-state index is 0.00731. The van der Waals surface area contributed by atoms with Gasteiger partial charge < -0.3 is 15.7 Å². The van der Waals surface area contributed by atoms with Gasteiger partial charge in [0.1, 0.15) is 5.75 Å². The van der Waals surface area contributed by atoms with Gasteiger partial charge in [0.15, 0.2) is 0 Å². The molecule has 1 aliphatic rings. The van der Waals surface area contributed by atoms with Gasteiger partial charge in [-0.05, 0) is 67.3 Å². The first kappa shape index (κ1) is 22.6. The Hall–Kier alpha value is -4.14. The zero-order valence-electron chi connectivity index (χ0n) is 18.6. The van der Waals surface area contributed by atoms with E-state index in [2.05, 4.69) is 20.6 Å². The van der Waals surface area contributed by atoms with Crippen LogP contribution in [0.3, 0.4) is 0 Å². The van der Waals surface area contributed by atoms with Gasteiger partial charge in [-0.2, -0.15) is 13.2 Å². The predicted molar refractivity (Wildman–Crippen MR) is 127 cm³/mol. The number of aromatic hydroxyl groups is 1. The fourth-order valence-electron chi connectivity index (χ4n) is 3.79. The van der Waals surface area contributed by atoms with Gasteiger partial charge in [0.05, 0.1) is 11.1 Å². The van der Waals surface area contributed by atoms with Crippen molar-refractivity contribution < 1.29 is 23.1 Å². The Morgan fingerprint density at radius 2 is 1.86 bits per heavy atom. The molecule has 3 N–H and O–H groups in total. The molecule has 9 heteroatoms. The van der Waals surface area contributed by atoms with E-state index in [1.807, 2.05) is 6.92 Å². The van der Waals surface area contributed by atoms with Crippen molar-refractivity contribution in [2.24, 2.45) is 0 Å². The fourth-order valence-corrected chi connectivity index (χ4v) is 3.79. The number of carbonyl (C=O) groups excluding carboxylic acids is 1. The van der Waals surface area contributed by atoms with E-state index in [0.29, 0.717) is 28.6 Å². The van der Waals surface area contributed by atoms with Crippen molar-refractivity contribution in [2.45, 2.75) is 32.0 Å². The highest BCUT2D eigenvalue weighted by Gasteiger charge is 2.30. The van der Waals surface area contributed by atoms with Crippen LogP contribution in [0.5, 0.6) is 5.75 Å². The number of nitrogens with zero attached hydrogens (tertiary/aromatic N) is 2. The molecule has 0 radical (unpaired) electrons. The molecule has 35 heavy (non-hydrogen) atoms. The Balaban J connectivity index is 1.45. The Bertz CT molecular complexity index is 1450. The molecule has 0 atom stereocenters. The van der Waals surface area contributed by atoms with Gasteiger partial charge >= 0.3 is 6.18 Å². The molecular weight excluding hydrogens is 457 g/mol. The molecule has 3 aromatic carbocycles. The summed E-state index contributed by atoms with van der Waals surface area (Å²) < 4.78 is 39.0. The van der Waals surface area contributed by atoms with Crippen molar-refractivity contribution in [1.82, 2.24) is 9.97 Å². The number of aryl methyl sites for hydroxylation is 1. The highest BCUT2D eigenvalue weighted by Crippen LogP contribution is 2.36. The predicted octanol–water partition coefficient (Wildman–Crippen LogP) is 6.16. The molecule has 0 bridgehead atoms. The topological polar surface area (TPSA) is 87.1 Å². The largest absolute Gasteiger partial charge is 0.507 e. The van der Waals surface area contributed by atoms with Gasteiger partial charge in [-0.15, -0.1) is 0 Å². The summed E-state index contributed by atoms with van der Waals surface area (Å²) in [5.74, 6) is -0.0614. The minimum Gasteiger partial charge on any atom is -0.507 e. The highest BCUT2D eigenvalue weighted by molar-refractivity contribution is 6.05. The number of aromatic nitrogens is 2. The molecule has 1 aromatic heterocycles. The minimum atomic E-state index is -4.51. The number of phenolic OH excluding ortho intramolecular Hbond substituents is 1. The van der Waals surface area contributed by atoms with E-state index in [4.69, 9.17) is 0 Å². The maximum absolute atomic E-state index is 13.0. The van der Waals surface area contributed by atoms with E-state index in [1.54, 1.807) is 36.5 Å². The standard InChI is InChI=1S/C26H21F3N4O2/c1-14-5-6-15(24(35)31-19-4-2-3-17(11-19)26(27,28)29)9-20(14)21-10-16-13-30-25(32-18-7-8-18)33-22(16)12-23(21)34/h2-6,9-13,18,34H,7-8H2,1H3,(H,31,35)(H,30,32,33). The van der Waals surface area contributed by atoms with Crippen molar-refractivity contribution >= 4 is 28.4 Å². The number of benzene rings is 3. The summed E-state index contributed by atoms with van der Waals surface area (Å²) in [6.07, 6.45) is -0.662. The van der Waals surface area contributed by atoms with Crippen molar-refractivity contribution in [2.75, 3.05) is 10.6 Å². The number of carbonyl (C=O) groups is 1. The van der Waals surface area contributed by atoms with E-state index < -0.39 is 17.6 Å². The molecule has 4 aromatic rings. The number of hydrogen-bond acceptors (Lipinski definition) is 5. The number of hydrogen-bond donors (Lipinski definition) is 3. The number of nitrogens with one attached hydrogen (secondary N) is 2. The summed E-state index contributed by atoms with van der Waals surface area (Å²) in [5, 5.41) is 17.2. The molecular formula is C26H21F3N4O2. The summed E-state index contributed by atoms with van der Waals surface area (Å²) in [7, 11) is 0. The fraction of sp³-hybridized carbons (Fsp3) is 0.192. The summed E-state index contributed by atoms with van der Waals surface area (Å²) in [6, 6.07) is 13.1. The maximum Gasteiger partial charge on any atom is 0.416 e. The van der Waals surface area contributed by atoms with E-state index in [1.165, 1.54) is 12.1 Å². The Labute approximate surface area is 198 Å². The number of phenols is 1. The van der Waals surface area contributed by atoms with Gasteiger partial charge in [0.2, 0.25) is 5.95 Å². The molecule has 5 rings (SSSR count). The SMILES string of the molecule is Cc1ccc(C(=O)Nc2cccc(C(F)(F)F)c2)cc1-c1cc2cnc(NC3CC3)nc2cc1O. The van der Waals surface area contributed by atoms with Gasteiger partial charge in [0.25, 0.3) is 5.91 Å². The number of anilines is 2. The number of fused-ring (bicyclic) bond motifs is 1. The van der Waals surface area contributed by atoms with Crippen LogP contribution in [0.2, 0.25) is 0 Å². The first-order chi connectivity index (χ1) is 16.7. The molecule has 1 amide bonds. The quantitative estimate of drug-likeness (QED) is 0.320. The zero-order valence-corrected chi connectivity index (χ0v) is 18.6. The number of alkyl halides is 3. The van der Waals surface area contributed by atoms with Crippen LogP contribution in [0, 0.1) is 6.92 Å². The third-order valence-electron chi connectivity index (χ3n) is 5.85. The van der Waals surface area contributed by atoms with Crippen LogP contribution in [0.4, 0.5) is 24.8 Å². The second-order valence-electron chi connectivity index (χ2n) is 8.60. The van der Waals surface area contributed by atoms with Crippen LogP contribution in [0.1, 0.15) is 34.3 Å². The lowest BCUT2D eigenvalue weighted by Crippen LogP contribution is -2.13. The van der Waals surface area contributed by atoms with Gasteiger partial charge in [-0.3, -0.25) is 4.79 Å².